The molecule has 8 heteroatoms. The first-order valence-electron chi connectivity index (χ1n) is 8.94. The molecule has 1 aliphatic rings. The number of hydrogen-bond donors (Lipinski definition) is 1. The number of sulfonamides is 1. The van der Waals surface area contributed by atoms with Crippen LogP contribution < -0.4 is 5.32 Å². The number of halogens is 1. The molecule has 1 amide bonds. The molecule has 2 aromatic rings. The zero-order chi connectivity index (χ0) is 19.4. The second-order valence-corrected chi connectivity index (χ2v) is 9.92. The Balaban J connectivity index is 1.51. The number of carbonyl (C=O) groups excluding carboxylic acids is 1. The van der Waals surface area contributed by atoms with Gasteiger partial charge in [0.15, 0.2) is 0 Å². The van der Waals surface area contributed by atoms with Crippen LogP contribution in [0.2, 0.25) is 0 Å². The number of hydrogen-bond acceptors (Lipinski definition) is 4. The summed E-state index contributed by atoms with van der Waals surface area (Å²) in [6.07, 6.45) is 1.32. The van der Waals surface area contributed by atoms with E-state index in [1.54, 1.807) is 29.6 Å². The van der Waals surface area contributed by atoms with Crippen molar-refractivity contribution in [3.8, 4) is 0 Å². The smallest absolute Gasteiger partial charge is 0.252 e. The van der Waals surface area contributed by atoms with Crippen molar-refractivity contribution in [3.05, 3.63) is 53.2 Å². The number of nitrogens with one attached hydrogen (secondary N) is 1. The highest BCUT2D eigenvalue weighted by atomic mass is 32.2. The van der Waals surface area contributed by atoms with Crippen LogP contribution in [0.5, 0.6) is 0 Å². The second kappa shape index (κ2) is 8.50. The minimum atomic E-state index is -3.42. The van der Waals surface area contributed by atoms with E-state index in [2.05, 4.69) is 5.32 Å². The molecule has 0 saturated carbocycles. The number of piperidine rings is 1. The van der Waals surface area contributed by atoms with Gasteiger partial charge in [0.05, 0.1) is 0 Å². The Morgan fingerprint density at radius 2 is 1.93 bits per heavy atom. The first-order chi connectivity index (χ1) is 12.9. The number of carbonyl (C=O) groups is 1. The Morgan fingerprint density at radius 3 is 2.52 bits per heavy atom. The molecule has 1 aromatic carbocycles. The fourth-order valence-electron chi connectivity index (χ4n) is 3.32. The summed E-state index contributed by atoms with van der Waals surface area (Å²) in [5.41, 5.74) is 0.841. The monoisotopic (exact) mass is 410 g/mol. The molecule has 0 aliphatic carbocycles. The minimum Gasteiger partial charge on any atom is -0.352 e. The molecule has 0 unspecified atom stereocenters. The SMILES string of the molecule is C[C@@H](C(=O)NCc1ccc(F)cc1)C1CCN(S(=O)(=O)c2cccs2)CC1. The van der Waals surface area contributed by atoms with Gasteiger partial charge in [0.1, 0.15) is 10.0 Å². The highest BCUT2D eigenvalue weighted by molar-refractivity contribution is 7.91. The lowest BCUT2D eigenvalue weighted by Crippen LogP contribution is -2.42. The van der Waals surface area contributed by atoms with E-state index >= 15 is 0 Å². The Hall–Kier alpha value is -1.77. The van der Waals surface area contributed by atoms with Crippen molar-refractivity contribution in [1.29, 1.82) is 0 Å². The van der Waals surface area contributed by atoms with Gasteiger partial charge < -0.3 is 5.32 Å². The predicted octanol–water partition coefficient (Wildman–Crippen LogP) is 3.24. The third kappa shape index (κ3) is 4.75. The van der Waals surface area contributed by atoms with Gasteiger partial charge in [0.25, 0.3) is 10.0 Å². The topological polar surface area (TPSA) is 66.5 Å². The Kier molecular flexibility index (Phi) is 6.29. The summed E-state index contributed by atoms with van der Waals surface area (Å²) < 4.78 is 40.0. The van der Waals surface area contributed by atoms with E-state index in [0.29, 0.717) is 36.7 Å². The highest BCUT2D eigenvalue weighted by Gasteiger charge is 2.33. The molecule has 1 saturated heterocycles. The summed E-state index contributed by atoms with van der Waals surface area (Å²) in [6, 6.07) is 9.39. The average molecular weight is 411 g/mol. The molecule has 5 nitrogen and oxygen atoms in total. The van der Waals surface area contributed by atoms with Crippen LogP contribution in [0.4, 0.5) is 4.39 Å². The van der Waals surface area contributed by atoms with Crippen molar-refractivity contribution in [2.45, 2.75) is 30.5 Å². The van der Waals surface area contributed by atoms with Crippen molar-refractivity contribution >= 4 is 27.3 Å². The van der Waals surface area contributed by atoms with Gasteiger partial charge in [-0.25, -0.2) is 12.8 Å². The maximum absolute atomic E-state index is 12.9. The quantitative estimate of drug-likeness (QED) is 0.795. The van der Waals surface area contributed by atoms with Crippen LogP contribution in [-0.4, -0.2) is 31.7 Å². The zero-order valence-electron chi connectivity index (χ0n) is 15.1. The van der Waals surface area contributed by atoms with Gasteiger partial charge in [0, 0.05) is 25.6 Å². The zero-order valence-corrected chi connectivity index (χ0v) is 16.7. The summed E-state index contributed by atoms with van der Waals surface area (Å²) in [5, 5.41) is 4.64. The Bertz CT molecular complexity index is 859. The molecule has 1 aromatic heterocycles. The molecule has 0 spiro atoms. The maximum Gasteiger partial charge on any atom is 0.252 e. The van der Waals surface area contributed by atoms with Gasteiger partial charge in [-0.15, -0.1) is 11.3 Å². The van der Waals surface area contributed by atoms with E-state index in [9.17, 15) is 17.6 Å². The summed E-state index contributed by atoms with van der Waals surface area (Å²) >= 11 is 1.22. The molecular weight excluding hydrogens is 387 g/mol. The predicted molar refractivity (Wildman–Crippen MR) is 103 cm³/mol. The van der Waals surface area contributed by atoms with E-state index in [1.165, 1.54) is 27.8 Å². The number of benzene rings is 1. The molecular formula is C19H23FN2O3S2. The van der Waals surface area contributed by atoms with Crippen molar-refractivity contribution in [3.63, 3.8) is 0 Å². The van der Waals surface area contributed by atoms with Gasteiger partial charge >= 0.3 is 0 Å². The second-order valence-electron chi connectivity index (χ2n) is 6.81. The Morgan fingerprint density at radius 1 is 1.26 bits per heavy atom. The molecule has 1 fully saturated rings. The van der Waals surface area contributed by atoms with E-state index in [1.807, 2.05) is 6.92 Å². The van der Waals surface area contributed by atoms with Crippen molar-refractivity contribution in [1.82, 2.24) is 9.62 Å². The molecule has 2 heterocycles. The van der Waals surface area contributed by atoms with E-state index in [-0.39, 0.29) is 23.6 Å². The van der Waals surface area contributed by atoms with E-state index in [4.69, 9.17) is 0 Å². The van der Waals surface area contributed by atoms with E-state index in [0.717, 1.165) is 5.56 Å². The maximum atomic E-state index is 12.9. The third-order valence-corrected chi connectivity index (χ3v) is 8.36. The third-order valence-electron chi connectivity index (χ3n) is 5.09. The number of thiophene rings is 1. The van der Waals surface area contributed by atoms with Gasteiger partial charge in [-0.1, -0.05) is 25.1 Å². The van der Waals surface area contributed by atoms with Crippen LogP contribution in [-0.2, 0) is 21.4 Å². The number of nitrogens with zero attached hydrogens (tertiary/aromatic N) is 1. The molecule has 0 bridgehead atoms. The molecule has 1 aliphatic heterocycles. The van der Waals surface area contributed by atoms with Crippen LogP contribution in [0.3, 0.4) is 0 Å². The van der Waals surface area contributed by atoms with E-state index < -0.39 is 10.0 Å². The molecule has 3 rings (SSSR count). The first-order valence-corrected chi connectivity index (χ1v) is 11.3. The summed E-state index contributed by atoms with van der Waals surface area (Å²) in [4.78, 5) is 12.4. The first kappa shape index (κ1) is 20.0. The summed E-state index contributed by atoms with van der Waals surface area (Å²) in [5.74, 6) is -0.411. The highest BCUT2D eigenvalue weighted by Crippen LogP contribution is 2.29. The summed E-state index contributed by atoms with van der Waals surface area (Å²) in [7, 11) is -3.42. The van der Waals surface area contributed by atoms with Crippen LogP contribution in [0.1, 0.15) is 25.3 Å². The number of rotatable bonds is 6. The normalized spacial score (nSPS) is 17.6. The lowest BCUT2D eigenvalue weighted by Gasteiger charge is -2.33. The van der Waals surface area contributed by atoms with Gasteiger partial charge in [-0.3, -0.25) is 4.79 Å². The van der Waals surface area contributed by atoms with Crippen LogP contribution >= 0.6 is 11.3 Å². The van der Waals surface area contributed by atoms with Crippen molar-refractivity contribution in [2.75, 3.05) is 13.1 Å². The average Bonchev–Trinajstić information content (AvgIpc) is 3.22. The standard InChI is InChI=1S/C19H23FN2O3S2/c1-14(19(23)21-13-15-4-6-17(20)7-5-15)16-8-10-22(11-9-16)27(24,25)18-3-2-12-26-18/h2-7,12,14,16H,8-11,13H2,1H3,(H,21,23)/t14-/m1/s1. The van der Waals surface area contributed by atoms with Gasteiger partial charge in [0.2, 0.25) is 5.91 Å². The van der Waals surface area contributed by atoms with Crippen LogP contribution in [0.25, 0.3) is 0 Å². The van der Waals surface area contributed by atoms with Gasteiger partial charge in [-0.05, 0) is 47.9 Å². The largest absolute Gasteiger partial charge is 0.352 e. The van der Waals surface area contributed by atoms with Crippen molar-refractivity contribution < 1.29 is 17.6 Å². The summed E-state index contributed by atoms with van der Waals surface area (Å²) in [6.45, 7) is 3.10. The molecule has 1 N–H and O–H groups in total. The number of amides is 1. The van der Waals surface area contributed by atoms with Crippen LogP contribution in [0.15, 0.2) is 46.0 Å². The lowest BCUT2D eigenvalue weighted by atomic mass is 9.85. The molecule has 0 radical (unpaired) electrons. The van der Waals surface area contributed by atoms with Gasteiger partial charge in [-0.2, -0.15) is 4.31 Å². The lowest BCUT2D eigenvalue weighted by molar-refractivity contribution is -0.126. The minimum absolute atomic E-state index is 0.0566. The van der Waals surface area contributed by atoms with Crippen molar-refractivity contribution in [2.24, 2.45) is 11.8 Å². The fraction of sp³-hybridized carbons (Fsp3) is 0.421. The molecule has 1 atom stereocenters. The molecule has 27 heavy (non-hydrogen) atoms. The van der Waals surface area contributed by atoms with Crippen LogP contribution in [0, 0.1) is 17.7 Å². The fourth-order valence-corrected chi connectivity index (χ4v) is 5.93. The molecule has 146 valence electrons. The Labute approximate surface area is 163 Å².